The Kier molecular flexibility index (Phi) is 5.09. The molecular formula is C21H25NO2S. The largest absolute Gasteiger partial charge is 0.487 e. The Morgan fingerprint density at radius 1 is 1.24 bits per heavy atom. The number of amides is 1. The van der Waals surface area contributed by atoms with Crippen molar-refractivity contribution in [3.63, 3.8) is 0 Å². The van der Waals surface area contributed by atoms with E-state index < -0.39 is 0 Å². The SMILES string of the molecule is Cc1ccc2c(c1)OC(C)(C)C[C@@H]2NC(=O)[C@@H](C)Sc1ccccc1. The molecule has 0 aromatic heterocycles. The van der Waals surface area contributed by atoms with Crippen LogP contribution in [-0.4, -0.2) is 16.8 Å². The monoisotopic (exact) mass is 355 g/mol. The fourth-order valence-corrected chi connectivity index (χ4v) is 4.03. The molecular weight excluding hydrogens is 330 g/mol. The van der Waals surface area contributed by atoms with Gasteiger partial charge in [0.2, 0.25) is 5.91 Å². The van der Waals surface area contributed by atoms with Gasteiger partial charge in [-0.2, -0.15) is 0 Å². The van der Waals surface area contributed by atoms with Crippen molar-refractivity contribution in [3.05, 3.63) is 59.7 Å². The molecule has 25 heavy (non-hydrogen) atoms. The number of nitrogens with one attached hydrogen (secondary N) is 1. The predicted molar refractivity (Wildman–Crippen MR) is 103 cm³/mol. The van der Waals surface area contributed by atoms with Gasteiger partial charge in [-0.3, -0.25) is 4.79 Å². The second kappa shape index (κ2) is 7.12. The summed E-state index contributed by atoms with van der Waals surface area (Å²) in [6.45, 7) is 8.14. The van der Waals surface area contributed by atoms with Crippen molar-refractivity contribution in [1.82, 2.24) is 5.32 Å². The molecule has 1 heterocycles. The van der Waals surface area contributed by atoms with Crippen LogP contribution in [0.1, 0.15) is 44.4 Å². The maximum atomic E-state index is 12.7. The molecule has 132 valence electrons. The number of rotatable bonds is 4. The third-order valence-electron chi connectivity index (χ3n) is 4.37. The second-order valence-corrected chi connectivity index (χ2v) is 8.66. The molecule has 0 bridgehead atoms. The maximum absolute atomic E-state index is 12.7. The number of carbonyl (C=O) groups excluding carboxylic acids is 1. The minimum Gasteiger partial charge on any atom is -0.487 e. The van der Waals surface area contributed by atoms with Gasteiger partial charge in [0.05, 0.1) is 11.3 Å². The first-order valence-electron chi connectivity index (χ1n) is 8.66. The molecule has 0 fully saturated rings. The molecule has 2 aromatic carbocycles. The smallest absolute Gasteiger partial charge is 0.233 e. The molecule has 3 nitrogen and oxygen atoms in total. The van der Waals surface area contributed by atoms with Gasteiger partial charge in [0.1, 0.15) is 11.4 Å². The Bertz CT molecular complexity index is 758. The van der Waals surface area contributed by atoms with E-state index in [-0.39, 0.29) is 22.8 Å². The minimum atomic E-state index is -0.297. The van der Waals surface area contributed by atoms with E-state index in [1.807, 2.05) is 37.3 Å². The summed E-state index contributed by atoms with van der Waals surface area (Å²) in [6, 6.07) is 16.2. The van der Waals surface area contributed by atoms with Crippen molar-refractivity contribution in [2.24, 2.45) is 0 Å². The highest BCUT2D eigenvalue weighted by atomic mass is 32.2. The van der Waals surface area contributed by atoms with E-state index >= 15 is 0 Å². The highest BCUT2D eigenvalue weighted by Crippen LogP contribution is 2.40. The van der Waals surface area contributed by atoms with Crippen LogP contribution in [0, 0.1) is 6.92 Å². The van der Waals surface area contributed by atoms with Crippen LogP contribution in [-0.2, 0) is 4.79 Å². The molecule has 1 amide bonds. The molecule has 2 aromatic rings. The fourth-order valence-electron chi connectivity index (χ4n) is 3.13. The maximum Gasteiger partial charge on any atom is 0.233 e. The molecule has 2 atom stereocenters. The van der Waals surface area contributed by atoms with Crippen LogP contribution in [0.2, 0.25) is 0 Å². The van der Waals surface area contributed by atoms with E-state index in [0.717, 1.165) is 28.2 Å². The van der Waals surface area contributed by atoms with Crippen molar-refractivity contribution in [2.75, 3.05) is 0 Å². The number of benzene rings is 2. The molecule has 1 N–H and O–H groups in total. The molecule has 0 spiro atoms. The van der Waals surface area contributed by atoms with Gasteiger partial charge in [0, 0.05) is 16.9 Å². The zero-order chi connectivity index (χ0) is 18.0. The van der Waals surface area contributed by atoms with Crippen LogP contribution >= 0.6 is 11.8 Å². The first-order chi connectivity index (χ1) is 11.8. The van der Waals surface area contributed by atoms with Gasteiger partial charge in [-0.25, -0.2) is 0 Å². The predicted octanol–water partition coefficient (Wildman–Crippen LogP) is 4.89. The normalized spacial score (nSPS) is 19.4. The van der Waals surface area contributed by atoms with Crippen molar-refractivity contribution < 1.29 is 9.53 Å². The zero-order valence-electron chi connectivity index (χ0n) is 15.2. The van der Waals surface area contributed by atoms with E-state index in [1.54, 1.807) is 11.8 Å². The van der Waals surface area contributed by atoms with Crippen LogP contribution in [0.4, 0.5) is 0 Å². The van der Waals surface area contributed by atoms with E-state index in [4.69, 9.17) is 4.74 Å². The van der Waals surface area contributed by atoms with E-state index in [9.17, 15) is 4.79 Å². The molecule has 3 rings (SSSR count). The summed E-state index contributed by atoms with van der Waals surface area (Å²) in [5.74, 6) is 0.938. The molecule has 0 saturated carbocycles. The van der Waals surface area contributed by atoms with Gasteiger partial charge >= 0.3 is 0 Å². The lowest BCUT2D eigenvalue weighted by Gasteiger charge is -2.38. The summed E-state index contributed by atoms with van der Waals surface area (Å²) in [5, 5.41) is 3.08. The fraction of sp³-hybridized carbons (Fsp3) is 0.381. The summed E-state index contributed by atoms with van der Waals surface area (Å²) in [6.07, 6.45) is 0.761. The van der Waals surface area contributed by atoms with Gasteiger partial charge in [0.15, 0.2) is 0 Å². The third-order valence-corrected chi connectivity index (χ3v) is 5.48. The summed E-state index contributed by atoms with van der Waals surface area (Å²) in [7, 11) is 0. The Morgan fingerprint density at radius 2 is 1.96 bits per heavy atom. The Labute approximate surface area is 154 Å². The first kappa shape index (κ1) is 17.9. The molecule has 0 saturated heterocycles. The Morgan fingerprint density at radius 3 is 2.68 bits per heavy atom. The van der Waals surface area contributed by atoms with Crippen LogP contribution < -0.4 is 10.1 Å². The average molecular weight is 356 g/mol. The van der Waals surface area contributed by atoms with E-state index in [0.29, 0.717) is 0 Å². The van der Waals surface area contributed by atoms with Crippen LogP contribution in [0.3, 0.4) is 0 Å². The number of ether oxygens (including phenoxy) is 1. The van der Waals surface area contributed by atoms with Gasteiger partial charge in [0.25, 0.3) is 0 Å². The number of aryl methyl sites for hydroxylation is 1. The highest BCUT2D eigenvalue weighted by molar-refractivity contribution is 8.00. The summed E-state index contributed by atoms with van der Waals surface area (Å²) in [4.78, 5) is 13.8. The van der Waals surface area contributed by atoms with Crippen LogP contribution in [0.25, 0.3) is 0 Å². The van der Waals surface area contributed by atoms with Crippen molar-refractivity contribution in [2.45, 2.75) is 55.9 Å². The van der Waals surface area contributed by atoms with Gasteiger partial charge in [-0.1, -0.05) is 30.3 Å². The number of hydrogen-bond acceptors (Lipinski definition) is 3. The van der Waals surface area contributed by atoms with Crippen molar-refractivity contribution in [3.8, 4) is 5.75 Å². The van der Waals surface area contributed by atoms with Crippen molar-refractivity contribution in [1.29, 1.82) is 0 Å². The molecule has 0 unspecified atom stereocenters. The second-order valence-electron chi connectivity index (χ2n) is 7.24. The lowest BCUT2D eigenvalue weighted by molar-refractivity contribution is -0.121. The molecule has 0 radical (unpaired) electrons. The number of hydrogen-bond donors (Lipinski definition) is 1. The molecule has 0 aliphatic carbocycles. The zero-order valence-corrected chi connectivity index (χ0v) is 16.0. The lowest BCUT2D eigenvalue weighted by Crippen LogP contribution is -2.43. The van der Waals surface area contributed by atoms with Crippen LogP contribution in [0.15, 0.2) is 53.4 Å². The molecule has 4 heteroatoms. The van der Waals surface area contributed by atoms with E-state index in [2.05, 4.69) is 44.3 Å². The number of carbonyl (C=O) groups is 1. The summed E-state index contributed by atoms with van der Waals surface area (Å²) < 4.78 is 6.11. The van der Waals surface area contributed by atoms with Gasteiger partial charge in [-0.15, -0.1) is 11.8 Å². The molecule has 1 aliphatic heterocycles. The van der Waals surface area contributed by atoms with E-state index in [1.165, 1.54) is 0 Å². The van der Waals surface area contributed by atoms with Crippen LogP contribution in [0.5, 0.6) is 5.75 Å². The van der Waals surface area contributed by atoms with Crippen molar-refractivity contribution >= 4 is 17.7 Å². The summed E-state index contributed by atoms with van der Waals surface area (Å²) in [5.41, 5.74) is 1.93. The average Bonchev–Trinajstić information content (AvgIpc) is 2.54. The standard InChI is InChI=1S/C21H25NO2S/c1-14-10-11-17-18(13-21(3,4)24-19(17)12-14)22-20(23)15(2)25-16-8-6-5-7-9-16/h5-12,15,18H,13H2,1-4H3,(H,22,23)/t15-,18+/m1/s1. The Hall–Kier alpha value is -1.94. The summed E-state index contributed by atoms with van der Waals surface area (Å²) >= 11 is 1.58. The topological polar surface area (TPSA) is 38.3 Å². The highest BCUT2D eigenvalue weighted by Gasteiger charge is 2.35. The first-order valence-corrected chi connectivity index (χ1v) is 9.54. The number of thioether (sulfide) groups is 1. The minimum absolute atomic E-state index is 0.0225. The van der Waals surface area contributed by atoms with Gasteiger partial charge in [-0.05, 0) is 51.5 Å². The third kappa shape index (κ3) is 4.37. The van der Waals surface area contributed by atoms with Gasteiger partial charge < -0.3 is 10.1 Å². The number of fused-ring (bicyclic) bond motifs is 1. The lowest BCUT2D eigenvalue weighted by atomic mass is 9.89. The quantitative estimate of drug-likeness (QED) is 0.793. The Balaban J connectivity index is 1.74. The molecule has 1 aliphatic rings.